The van der Waals surface area contributed by atoms with Gasteiger partial charge in [-0.15, -0.1) is 0 Å². The molecule has 1 rings (SSSR count). The van der Waals surface area contributed by atoms with Crippen LogP contribution in [-0.4, -0.2) is 6.29 Å². The first-order valence-corrected chi connectivity index (χ1v) is 3.33. The van der Waals surface area contributed by atoms with Crippen LogP contribution in [0.4, 0.5) is 0 Å². The van der Waals surface area contributed by atoms with Gasteiger partial charge < -0.3 is 0 Å². The van der Waals surface area contributed by atoms with E-state index in [1.165, 1.54) is 0 Å². The number of carbonyl (C=O) groups excluding carboxylic acids is 1. The van der Waals surface area contributed by atoms with Crippen LogP contribution in [0.5, 0.6) is 0 Å². The summed E-state index contributed by atoms with van der Waals surface area (Å²) in [5.74, 6) is 0. The Kier molecular flexibility index (Phi) is 2.07. The third-order valence-electron chi connectivity index (χ3n) is 1.28. The molecule has 0 amide bonds. The number of rotatable bonds is 1. The molecule has 0 heterocycles. The van der Waals surface area contributed by atoms with Crippen molar-refractivity contribution in [3.8, 4) is 0 Å². The van der Waals surface area contributed by atoms with Gasteiger partial charge >= 0.3 is 0 Å². The van der Waals surface area contributed by atoms with Crippen LogP contribution >= 0.6 is 11.6 Å². The van der Waals surface area contributed by atoms with Crippen molar-refractivity contribution in [3.63, 3.8) is 0 Å². The van der Waals surface area contributed by atoms with Crippen molar-refractivity contribution in [2.24, 2.45) is 0 Å². The van der Waals surface area contributed by atoms with Gasteiger partial charge in [0.15, 0.2) is 6.29 Å². The summed E-state index contributed by atoms with van der Waals surface area (Å²) in [5.41, 5.74) is 1.60. The summed E-state index contributed by atoms with van der Waals surface area (Å²) in [5, 5.41) is 0.514. The van der Waals surface area contributed by atoms with Gasteiger partial charge in [-0.3, -0.25) is 4.79 Å². The highest BCUT2D eigenvalue weighted by atomic mass is 35.5. The topological polar surface area (TPSA) is 17.1 Å². The standard InChI is InChI=1S/C8H7ClO/c1-6-2-3-8(9)7(4-6)5-10/h2-5H,1H3. The number of benzene rings is 1. The Balaban J connectivity index is 3.21. The average Bonchev–Trinajstić information content (AvgIpc) is 1.94. The van der Waals surface area contributed by atoms with Gasteiger partial charge in [-0.05, 0) is 19.1 Å². The SMILES string of the molecule is Cc1ccc(Cl)c(C=O)c1. The second-order valence-corrected chi connectivity index (χ2v) is 2.55. The third-order valence-corrected chi connectivity index (χ3v) is 1.62. The van der Waals surface area contributed by atoms with Crippen molar-refractivity contribution in [2.45, 2.75) is 6.92 Å². The van der Waals surface area contributed by atoms with E-state index in [1.54, 1.807) is 12.1 Å². The van der Waals surface area contributed by atoms with Crippen LogP contribution in [0.2, 0.25) is 5.02 Å². The lowest BCUT2D eigenvalue weighted by Crippen LogP contribution is -1.82. The zero-order valence-corrected chi connectivity index (χ0v) is 6.35. The highest BCUT2D eigenvalue weighted by Gasteiger charge is 1.96. The largest absolute Gasteiger partial charge is 0.298 e. The van der Waals surface area contributed by atoms with E-state index in [9.17, 15) is 4.79 Å². The molecule has 0 radical (unpaired) electrons. The molecule has 52 valence electrons. The molecule has 1 aromatic rings. The molecule has 0 aromatic heterocycles. The predicted molar refractivity (Wildman–Crippen MR) is 41.6 cm³/mol. The lowest BCUT2D eigenvalue weighted by Gasteiger charge is -1.95. The van der Waals surface area contributed by atoms with Crippen LogP contribution in [0.25, 0.3) is 0 Å². The second-order valence-electron chi connectivity index (χ2n) is 2.14. The van der Waals surface area contributed by atoms with Crippen LogP contribution in [0.3, 0.4) is 0 Å². The minimum absolute atomic E-state index is 0.514. The normalized spacial score (nSPS) is 9.40. The lowest BCUT2D eigenvalue weighted by atomic mass is 10.2. The van der Waals surface area contributed by atoms with Crippen LogP contribution in [0.1, 0.15) is 15.9 Å². The van der Waals surface area contributed by atoms with E-state index in [0.717, 1.165) is 11.8 Å². The van der Waals surface area contributed by atoms with Gasteiger partial charge in [0.25, 0.3) is 0 Å². The first-order chi connectivity index (χ1) is 4.74. The minimum atomic E-state index is 0.514. The maximum atomic E-state index is 10.3. The Labute approximate surface area is 64.6 Å². The van der Waals surface area contributed by atoms with E-state index < -0.39 is 0 Å². The molecular weight excluding hydrogens is 148 g/mol. The maximum Gasteiger partial charge on any atom is 0.151 e. The average molecular weight is 155 g/mol. The first-order valence-electron chi connectivity index (χ1n) is 2.95. The molecule has 10 heavy (non-hydrogen) atoms. The Bertz CT molecular complexity index is 255. The van der Waals surface area contributed by atoms with Gasteiger partial charge in [-0.2, -0.15) is 0 Å². The number of hydrogen-bond donors (Lipinski definition) is 0. The van der Waals surface area contributed by atoms with Gasteiger partial charge in [0, 0.05) is 5.56 Å². The Morgan fingerprint density at radius 2 is 2.20 bits per heavy atom. The molecule has 0 spiro atoms. The Hall–Kier alpha value is -0.820. The van der Waals surface area contributed by atoms with E-state index >= 15 is 0 Å². The molecule has 0 saturated heterocycles. The fourth-order valence-corrected chi connectivity index (χ4v) is 0.916. The number of aldehydes is 1. The van der Waals surface area contributed by atoms with Crippen LogP contribution < -0.4 is 0 Å². The van der Waals surface area contributed by atoms with Gasteiger partial charge in [-0.1, -0.05) is 23.2 Å². The van der Waals surface area contributed by atoms with Crippen molar-refractivity contribution in [2.75, 3.05) is 0 Å². The van der Waals surface area contributed by atoms with E-state index in [-0.39, 0.29) is 0 Å². The molecular formula is C8H7ClO. The number of aryl methyl sites for hydroxylation is 1. The van der Waals surface area contributed by atoms with Crippen LogP contribution in [0.15, 0.2) is 18.2 Å². The fraction of sp³-hybridized carbons (Fsp3) is 0.125. The van der Waals surface area contributed by atoms with Crippen molar-refractivity contribution in [1.29, 1.82) is 0 Å². The maximum absolute atomic E-state index is 10.3. The van der Waals surface area contributed by atoms with Gasteiger partial charge in [0.05, 0.1) is 5.02 Å². The number of hydrogen-bond acceptors (Lipinski definition) is 1. The molecule has 0 bridgehead atoms. The molecule has 0 N–H and O–H groups in total. The Morgan fingerprint density at radius 3 is 2.70 bits per heavy atom. The van der Waals surface area contributed by atoms with E-state index in [4.69, 9.17) is 11.6 Å². The highest BCUT2D eigenvalue weighted by Crippen LogP contribution is 2.14. The Morgan fingerprint density at radius 1 is 1.50 bits per heavy atom. The van der Waals surface area contributed by atoms with Crippen molar-refractivity contribution in [1.82, 2.24) is 0 Å². The fourth-order valence-electron chi connectivity index (χ4n) is 0.753. The quantitative estimate of drug-likeness (QED) is 0.568. The monoisotopic (exact) mass is 154 g/mol. The van der Waals surface area contributed by atoms with Gasteiger partial charge in [0.1, 0.15) is 0 Å². The molecule has 1 nitrogen and oxygen atoms in total. The highest BCUT2D eigenvalue weighted by molar-refractivity contribution is 6.32. The molecule has 0 atom stereocenters. The summed E-state index contributed by atoms with van der Waals surface area (Å²) in [6, 6.07) is 5.35. The molecule has 2 heteroatoms. The zero-order chi connectivity index (χ0) is 7.56. The number of carbonyl (C=O) groups is 1. The number of halogens is 1. The van der Waals surface area contributed by atoms with Crippen molar-refractivity contribution in [3.05, 3.63) is 34.3 Å². The molecule has 0 aliphatic rings. The smallest absolute Gasteiger partial charge is 0.151 e. The second kappa shape index (κ2) is 2.84. The summed E-state index contributed by atoms with van der Waals surface area (Å²) >= 11 is 5.67. The lowest BCUT2D eigenvalue weighted by molar-refractivity contribution is 0.112. The summed E-state index contributed by atoms with van der Waals surface area (Å²) in [7, 11) is 0. The van der Waals surface area contributed by atoms with Crippen molar-refractivity contribution < 1.29 is 4.79 Å². The molecule has 0 aliphatic heterocycles. The van der Waals surface area contributed by atoms with Crippen molar-refractivity contribution >= 4 is 17.9 Å². The van der Waals surface area contributed by atoms with Gasteiger partial charge in [-0.25, -0.2) is 0 Å². The van der Waals surface area contributed by atoms with E-state index in [2.05, 4.69) is 0 Å². The van der Waals surface area contributed by atoms with Crippen LogP contribution in [0, 0.1) is 6.92 Å². The summed E-state index contributed by atoms with van der Waals surface area (Å²) < 4.78 is 0. The molecule has 0 aliphatic carbocycles. The zero-order valence-electron chi connectivity index (χ0n) is 5.60. The molecule has 0 unspecified atom stereocenters. The third kappa shape index (κ3) is 1.36. The summed E-state index contributed by atoms with van der Waals surface area (Å²) in [4.78, 5) is 10.3. The predicted octanol–water partition coefficient (Wildman–Crippen LogP) is 2.46. The summed E-state index contributed by atoms with van der Waals surface area (Å²) in [6.07, 6.45) is 0.759. The molecule has 1 aromatic carbocycles. The summed E-state index contributed by atoms with van der Waals surface area (Å²) in [6.45, 7) is 1.92. The van der Waals surface area contributed by atoms with Crippen LogP contribution in [-0.2, 0) is 0 Å². The molecule has 0 saturated carbocycles. The molecule has 0 fully saturated rings. The van der Waals surface area contributed by atoms with Gasteiger partial charge in [0.2, 0.25) is 0 Å². The van der Waals surface area contributed by atoms with E-state index in [1.807, 2.05) is 13.0 Å². The van der Waals surface area contributed by atoms with E-state index in [0.29, 0.717) is 10.6 Å². The minimum Gasteiger partial charge on any atom is -0.298 e. The first kappa shape index (κ1) is 7.29.